The lowest BCUT2D eigenvalue weighted by molar-refractivity contribution is 0.150. The van der Waals surface area contributed by atoms with Crippen LogP contribution >= 0.6 is 0 Å². The van der Waals surface area contributed by atoms with Crippen molar-refractivity contribution in [1.82, 2.24) is 14.9 Å². The van der Waals surface area contributed by atoms with Crippen molar-refractivity contribution in [2.24, 2.45) is 0 Å². The summed E-state index contributed by atoms with van der Waals surface area (Å²) in [7, 11) is 1.86. The summed E-state index contributed by atoms with van der Waals surface area (Å²) in [4.78, 5) is 11.8. The Morgan fingerprint density at radius 1 is 1.10 bits per heavy atom. The molecule has 30 heavy (non-hydrogen) atoms. The number of fused-ring (bicyclic) bond motifs is 4. The molecular weight excluding hydrogens is 370 g/mol. The van der Waals surface area contributed by atoms with Gasteiger partial charge in [0.25, 0.3) is 0 Å². The highest BCUT2D eigenvalue weighted by atomic mass is 15.1. The molecule has 1 saturated heterocycles. The van der Waals surface area contributed by atoms with E-state index in [0.29, 0.717) is 5.95 Å². The molecule has 0 unspecified atom stereocenters. The van der Waals surface area contributed by atoms with Crippen LogP contribution < -0.4 is 5.32 Å². The van der Waals surface area contributed by atoms with Crippen LogP contribution in [0.15, 0.2) is 54.7 Å². The van der Waals surface area contributed by atoms with Gasteiger partial charge in [-0.25, -0.2) is 9.97 Å². The number of nitriles is 1. The van der Waals surface area contributed by atoms with Crippen molar-refractivity contribution >= 4 is 5.95 Å². The summed E-state index contributed by atoms with van der Waals surface area (Å²) in [5, 5.41) is 12.1. The number of likely N-dealkylation sites (tertiary alicyclic amines) is 1. The second-order valence-corrected chi connectivity index (χ2v) is 8.41. The summed E-state index contributed by atoms with van der Waals surface area (Å²) in [6, 6.07) is 19.0. The average Bonchev–Trinajstić information content (AvgIpc) is 2.81. The summed E-state index contributed by atoms with van der Waals surface area (Å²) >= 11 is 0. The van der Waals surface area contributed by atoms with Crippen LogP contribution in [0, 0.1) is 11.3 Å². The highest BCUT2D eigenvalue weighted by molar-refractivity contribution is 5.72. The second-order valence-electron chi connectivity index (χ2n) is 8.41. The average molecular weight is 396 g/mol. The Labute approximate surface area is 177 Å². The summed E-state index contributed by atoms with van der Waals surface area (Å²) in [6.07, 6.45) is 5.28. The summed E-state index contributed by atoms with van der Waals surface area (Å²) in [5.74, 6) is 0.678. The van der Waals surface area contributed by atoms with Crippen molar-refractivity contribution in [2.45, 2.75) is 31.2 Å². The van der Waals surface area contributed by atoms with E-state index in [-0.39, 0.29) is 5.41 Å². The van der Waals surface area contributed by atoms with Crippen molar-refractivity contribution in [3.8, 4) is 17.3 Å². The second kappa shape index (κ2) is 7.55. The summed E-state index contributed by atoms with van der Waals surface area (Å²) in [6.45, 7) is 3.08. The lowest BCUT2D eigenvalue weighted by Gasteiger charge is -2.45. The molecule has 1 aliphatic heterocycles. The molecule has 5 rings (SSSR count). The minimum atomic E-state index is 0.162. The largest absolute Gasteiger partial charge is 0.357 e. The maximum atomic E-state index is 9.00. The first-order chi connectivity index (χ1) is 14.7. The van der Waals surface area contributed by atoms with Gasteiger partial charge in [-0.3, -0.25) is 4.90 Å². The molecule has 150 valence electrons. The smallest absolute Gasteiger partial charge is 0.222 e. The molecule has 2 aliphatic rings. The van der Waals surface area contributed by atoms with Gasteiger partial charge in [-0.15, -0.1) is 0 Å². The van der Waals surface area contributed by atoms with Gasteiger partial charge in [0.15, 0.2) is 0 Å². The number of rotatable bonds is 3. The van der Waals surface area contributed by atoms with Gasteiger partial charge in [0.1, 0.15) is 0 Å². The van der Waals surface area contributed by atoms with Gasteiger partial charge in [0.05, 0.1) is 17.3 Å². The van der Waals surface area contributed by atoms with E-state index in [9.17, 15) is 0 Å². The Balaban J connectivity index is 1.39. The van der Waals surface area contributed by atoms with Crippen LogP contribution in [0.25, 0.3) is 11.3 Å². The molecule has 2 heterocycles. The zero-order valence-electron chi connectivity index (χ0n) is 17.2. The number of aromatic nitrogens is 2. The van der Waals surface area contributed by atoms with E-state index in [1.165, 1.54) is 22.3 Å². The summed E-state index contributed by atoms with van der Waals surface area (Å²) in [5.41, 5.74) is 7.19. The molecule has 0 bridgehead atoms. The first-order valence-electron chi connectivity index (χ1n) is 10.6. The third kappa shape index (κ3) is 3.24. The Morgan fingerprint density at radius 2 is 1.87 bits per heavy atom. The van der Waals surface area contributed by atoms with E-state index < -0.39 is 0 Å². The maximum absolute atomic E-state index is 9.00. The Hall–Kier alpha value is -3.23. The molecule has 0 radical (unpaired) electrons. The Morgan fingerprint density at radius 3 is 2.60 bits per heavy atom. The van der Waals surface area contributed by atoms with Crippen molar-refractivity contribution in [2.75, 3.05) is 25.5 Å². The molecule has 1 fully saturated rings. The van der Waals surface area contributed by atoms with Gasteiger partial charge >= 0.3 is 0 Å². The SMILES string of the molecule is CNc1ncc2c(n1)-c1ccccc1C1(CCN(Cc3ccc(C#N)cc3)CC1)C2. The lowest BCUT2D eigenvalue weighted by atomic mass is 9.64. The fraction of sp³-hybridized carbons (Fsp3) is 0.320. The molecule has 2 aromatic carbocycles. The van der Waals surface area contributed by atoms with Crippen molar-refractivity contribution < 1.29 is 0 Å². The van der Waals surface area contributed by atoms with E-state index in [1.807, 2.05) is 25.4 Å². The summed E-state index contributed by atoms with van der Waals surface area (Å²) < 4.78 is 0. The number of benzene rings is 2. The number of anilines is 1. The quantitative estimate of drug-likeness (QED) is 0.722. The predicted molar refractivity (Wildman–Crippen MR) is 118 cm³/mol. The minimum absolute atomic E-state index is 0.162. The van der Waals surface area contributed by atoms with E-state index in [4.69, 9.17) is 10.2 Å². The molecule has 5 nitrogen and oxygen atoms in total. The van der Waals surface area contributed by atoms with Gasteiger partial charge in [-0.05, 0) is 61.2 Å². The number of nitrogens with one attached hydrogen (secondary N) is 1. The van der Waals surface area contributed by atoms with Crippen LogP contribution in [0.2, 0.25) is 0 Å². The van der Waals surface area contributed by atoms with Crippen LogP contribution in [0.4, 0.5) is 5.95 Å². The molecule has 0 amide bonds. The molecular formula is C25H25N5. The molecule has 1 N–H and O–H groups in total. The molecule has 1 aliphatic carbocycles. The lowest BCUT2D eigenvalue weighted by Crippen LogP contribution is -2.45. The monoisotopic (exact) mass is 395 g/mol. The van der Waals surface area contributed by atoms with E-state index in [2.05, 4.69) is 57.7 Å². The predicted octanol–water partition coefficient (Wildman–Crippen LogP) is 4.15. The maximum Gasteiger partial charge on any atom is 0.222 e. The van der Waals surface area contributed by atoms with Crippen LogP contribution in [0.3, 0.4) is 0 Å². The fourth-order valence-corrected chi connectivity index (χ4v) is 5.03. The van der Waals surface area contributed by atoms with Gasteiger partial charge in [0, 0.05) is 30.8 Å². The molecule has 0 saturated carbocycles. The Bertz CT molecular complexity index is 1110. The van der Waals surface area contributed by atoms with Crippen LogP contribution in [-0.4, -0.2) is 35.0 Å². The van der Waals surface area contributed by atoms with E-state index in [1.54, 1.807) is 0 Å². The third-order valence-electron chi connectivity index (χ3n) is 6.67. The normalized spacial score (nSPS) is 17.1. The first-order valence-corrected chi connectivity index (χ1v) is 10.6. The molecule has 0 atom stereocenters. The van der Waals surface area contributed by atoms with Gasteiger partial charge in [-0.1, -0.05) is 36.4 Å². The number of nitrogens with zero attached hydrogens (tertiary/aromatic N) is 4. The molecule has 5 heteroatoms. The van der Waals surface area contributed by atoms with E-state index >= 15 is 0 Å². The number of piperidine rings is 1. The van der Waals surface area contributed by atoms with Crippen LogP contribution in [0.1, 0.15) is 35.1 Å². The van der Waals surface area contributed by atoms with Gasteiger partial charge in [-0.2, -0.15) is 5.26 Å². The van der Waals surface area contributed by atoms with Gasteiger partial charge in [0.2, 0.25) is 5.95 Å². The van der Waals surface area contributed by atoms with E-state index in [0.717, 1.165) is 50.2 Å². The number of hydrogen-bond acceptors (Lipinski definition) is 5. The topological polar surface area (TPSA) is 64.8 Å². The highest BCUT2D eigenvalue weighted by Crippen LogP contribution is 2.48. The van der Waals surface area contributed by atoms with Crippen molar-refractivity contribution in [1.29, 1.82) is 5.26 Å². The van der Waals surface area contributed by atoms with Crippen molar-refractivity contribution in [3.63, 3.8) is 0 Å². The number of hydrogen-bond donors (Lipinski definition) is 1. The van der Waals surface area contributed by atoms with Crippen molar-refractivity contribution in [3.05, 3.63) is 77.0 Å². The zero-order valence-corrected chi connectivity index (χ0v) is 17.2. The minimum Gasteiger partial charge on any atom is -0.357 e. The fourth-order valence-electron chi connectivity index (χ4n) is 5.03. The third-order valence-corrected chi connectivity index (χ3v) is 6.67. The van der Waals surface area contributed by atoms with Gasteiger partial charge < -0.3 is 5.32 Å². The Kier molecular flexibility index (Phi) is 4.72. The first kappa shape index (κ1) is 18.8. The van der Waals surface area contributed by atoms with Crippen LogP contribution in [-0.2, 0) is 18.4 Å². The molecule has 1 aromatic heterocycles. The zero-order chi connectivity index (χ0) is 20.6. The molecule has 1 spiro atoms. The highest BCUT2D eigenvalue weighted by Gasteiger charge is 2.41. The standard InChI is InChI=1S/C25H25N5/c1-27-24-28-16-20-14-25(22-5-3-2-4-21(22)23(20)29-24)10-12-30(13-11-25)17-19-8-6-18(15-26)7-9-19/h2-9,16H,10-14,17H2,1H3,(H,27,28,29). The molecule has 3 aromatic rings. The van der Waals surface area contributed by atoms with Crippen LogP contribution in [0.5, 0.6) is 0 Å².